The van der Waals surface area contributed by atoms with Gasteiger partial charge in [0, 0.05) is 18.7 Å². The molecule has 3 nitrogen and oxygen atoms in total. The molecule has 0 heterocycles. The summed E-state index contributed by atoms with van der Waals surface area (Å²) in [5.74, 6) is 1.18. The average molecular weight is 230 g/mol. The Morgan fingerprint density at radius 2 is 2.00 bits per heavy atom. The van der Waals surface area contributed by atoms with Crippen LogP contribution < -0.4 is 4.90 Å². The lowest BCUT2D eigenvalue weighted by Crippen LogP contribution is -2.42. The fourth-order valence-electron chi connectivity index (χ4n) is 3.53. The Morgan fingerprint density at radius 1 is 1.24 bits per heavy atom. The molecule has 1 N–H and O–H groups in total. The van der Waals surface area contributed by atoms with Crippen LogP contribution in [0.3, 0.4) is 0 Å². The van der Waals surface area contributed by atoms with Crippen LogP contribution in [0.5, 0.6) is 0 Å². The third-order valence-corrected chi connectivity index (χ3v) is 4.34. The molecule has 2 aliphatic rings. The highest BCUT2D eigenvalue weighted by Gasteiger charge is 2.47. The zero-order valence-electron chi connectivity index (χ0n) is 10.1. The van der Waals surface area contributed by atoms with E-state index in [9.17, 15) is 5.21 Å². The van der Waals surface area contributed by atoms with E-state index in [-0.39, 0.29) is 0 Å². The quantitative estimate of drug-likeness (QED) is 0.626. The van der Waals surface area contributed by atoms with Gasteiger partial charge in [0.2, 0.25) is 0 Å². The van der Waals surface area contributed by atoms with Gasteiger partial charge in [-0.1, -0.05) is 23.4 Å². The fourth-order valence-corrected chi connectivity index (χ4v) is 3.53. The van der Waals surface area contributed by atoms with Crippen molar-refractivity contribution in [3.05, 3.63) is 30.3 Å². The number of para-hydroxylation sites is 1. The number of rotatable bonds is 2. The first-order chi connectivity index (χ1) is 8.31. The zero-order valence-corrected chi connectivity index (χ0v) is 10.1. The monoisotopic (exact) mass is 230 g/mol. The summed E-state index contributed by atoms with van der Waals surface area (Å²) >= 11 is 0. The molecule has 2 saturated carbocycles. The Bertz CT molecular complexity index is 429. The Balaban J connectivity index is 1.89. The van der Waals surface area contributed by atoms with Gasteiger partial charge in [0.25, 0.3) is 0 Å². The summed E-state index contributed by atoms with van der Waals surface area (Å²) in [7, 11) is 2.10. The molecule has 0 aliphatic heterocycles. The highest BCUT2D eigenvalue weighted by Crippen LogP contribution is 2.45. The van der Waals surface area contributed by atoms with Crippen LogP contribution in [0, 0.1) is 11.8 Å². The Labute approximate surface area is 102 Å². The molecule has 3 rings (SSSR count). The molecule has 2 fully saturated rings. The molecule has 0 spiro atoms. The van der Waals surface area contributed by atoms with Gasteiger partial charge in [0.15, 0.2) is 0 Å². The van der Waals surface area contributed by atoms with Gasteiger partial charge in [-0.05, 0) is 37.3 Å². The molecule has 17 heavy (non-hydrogen) atoms. The summed E-state index contributed by atoms with van der Waals surface area (Å²) in [6.07, 6.45) is 3.66. The van der Waals surface area contributed by atoms with Crippen LogP contribution in [-0.4, -0.2) is 24.0 Å². The Kier molecular flexibility index (Phi) is 2.54. The summed E-state index contributed by atoms with van der Waals surface area (Å²) in [4.78, 5) is 2.26. The van der Waals surface area contributed by atoms with Crippen LogP contribution in [0.2, 0.25) is 0 Å². The SMILES string of the molecule is CN(c1ccccc1)[C@@H]1/C(=N\O)[C@H]2CC[C@@H]1C2. The van der Waals surface area contributed by atoms with Crippen molar-refractivity contribution in [2.75, 3.05) is 11.9 Å². The maximum atomic E-state index is 9.22. The van der Waals surface area contributed by atoms with Crippen LogP contribution in [0.4, 0.5) is 5.69 Å². The summed E-state index contributed by atoms with van der Waals surface area (Å²) < 4.78 is 0. The van der Waals surface area contributed by atoms with E-state index in [1.54, 1.807) is 0 Å². The first-order valence-corrected chi connectivity index (χ1v) is 6.31. The highest BCUT2D eigenvalue weighted by molar-refractivity contribution is 5.96. The van der Waals surface area contributed by atoms with Crippen LogP contribution in [0.1, 0.15) is 19.3 Å². The van der Waals surface area contributed by atoms with Gasteiger partial charge < -0.3 is 10.1 Å². The predicted octanol–water partition coefficient (Wildman–Crippen LogP) is 2.75. The second kappa shape index (κ2) is 4.06. The largest absolute Gasteiger partial charge is 0.411 e. The molecule has 3 heteroatoms. The molecule has 0 radical (unpaired) electrons. The highest BCUT2D eigenvalue weighted by atomic mass is 16.4. The molecule has 1 aromatic rings. The van der Waals surface area contributed by atoms with E-state index in [0.717, 1.165) is 5.71 Å². The minimum Gasteiger partial charge on any atom is -0.411 e. The zero-order chi connectivity index (χ0) is 11.8. The van der Waals surface area contributed by atoms with Crippen molar-refractivity contribution in [1.82, 2.24) is 0 Å². The third kappa shape index (κ3) is 1.61. The van der Waals surface area contributed by atoms with Crippen LogP contribution in [0.25, 0.3) is 0 Å². The number of nitrogens with zero attached hydrogens (tertiary/aromatic N) is 2. The number of hydrogen-bond donors (Lipinski definition) is 1. The van der Waals surface area contributed by atoms with Gasteiger partial charge in [0.05, 0.1) is 11.8 Å². The van der Waals surface area contributed by atoms with Gasteiger partial charge >= 0.3 is 0 Å². The smallest absolute Gasteiger partial charge is 0.0828 e. The van der Waals surface area contributed by atoms with Crippen molar-refractivity contribution in [1.29, 1.82) is 0 Å². The lowest BCUT2D eigenvalue weighted by atomic mass is 9.92. The minimum absolute atomic E-state index is 0.293. The van der Waals surface area contributed by atoms with Crippen molar-refractivity contribution in [3.8, 4) is 0 Å². The van der Waals surface area contributed by atoms with E-state index in [1.807, 2.05) is 6.07 Å². The third-order valence-electron chi connectivity index (χ3n) is 4.34. The van der Waals surface area contributed by atoms with Gasteiger partial charge in [-0.15, -0.1) is 0 Å². The van der Waals surface area contributed by atoms with E-state index >= 15 is 0 Å². The molecule has 0 aromatic heterocycles. The van der Waals surface area contributed by atoms with Gasteiger partial charge in [-0.25, -0.2) is 0 Å². The Morgan fingerprint density at radius 3 is 2.71 bits per heavy atom. The summed E-state index contributed by atoms with van der Waals surface area (Å²) in [5, 5.41) is 12.8. The van der Waals surface area contributed by atoms with Crippen molar-refractivity contribution >= 4 is 11.4 Å². The molecule has 90 valence electrons. The summed E-state index contributed by atoms with van der Waals surface area (Å²) in [5.41, 5.74) is 2.19. The first-order valence-electron chi connectivity index (χ1n) is 6.31. The van der Waals surface area contributed by atoms with E-state index in [2.05, 4.69) is 41.4 Å². The molecule has 2 aliphatic carbocycles. The van der Waals surface area contributed by atoms with Crippen LogP contribution in [-0.2, 0) is 0 Å². The lowest BCUT2D eigenvalue weighted by Gasteiger charge is -2.33. The maximum Gasteiger partial charge on any atom is 0.0828 e. The lowest BCUT2D eigenvalue weighted by molar-refractivity contribution is 0.311. The minimum atomic E-state index is 0.293. The van der Waals surface area contributed by atoms with Crippen molar-refractivity contribution in [2.45, 2.75) is 25.3 Å². The molecule has 0 unspecified atom stereocenters. The number of anilines is 1. The molecule has 0 amide bonds. The van der Waals surface area contributed by atoms with E-state index in [4.69, 9.17) is 0 Å². The fraction of sp³-hybridized carbons (Fsp3) is 0.500. The van der Waals surface area contributed by atoms with Crippen LogP contribution >= 0.6 is 0 Å². The van der Waals surface area contributed by atoms with Gasteiger partial charge in [-0.3, -0.25) is 0 Å². The molecular formula is C14H18N2O. The first kappa shape index (κ1) is 10.6. The van der Waals surface area contributed by atoms with E-state index < -0.39 is 0 Å². The predicted molar refractivity (Wildman–Crippen MR) is 68.7 cm³/mol. The number of oxime groups is 1. The molecule has 0 saturated heterocycles. The summed E-state index contributed by atoms with van der Waals surface area (Å²) in [6.45, 7) is 0. The van der Waals surface area contributed by atoms with Gasteiger partial charge in [-0.2, -0.15) is 0 Å². The number of hydrogen-bond acceptors (Lipinski definition) is 3. The maximum absolute atomic E-state index is 9.22. The second-order valence-electron chi connectivity index (χ2n) is 5.19. The number of fused-ring (bicyclic) bond motifs is 2. The second-order valence-corrected chi connectivity index (χ2v) is 5.19. The Hall–Kier alpha value is -1.51. The van der Waals surface area contributed by atoms with Gasteiger partial charge in [0.1, 0.15) is 0 Å². The summed E-state index contributed by atoms with van der Waals surface area (Å²) in [6, 6.07) is 10.6. The topological polar surface area (TPSA) is 35.8 Å². The standard InChI is InChI=1S/C14H18N2O/c1-16(12-5-3-2-4-6-12)14-11-8-7-10(9-11)13(14)15-17/h2-6,10-11,14,17H,7-9H2,1H3/b15-13-/t10-,11+,14-/m0/s1. The van der Waals surface area contributed by atoms with Crippen molar-refractivity contribution in [2.24, 2.45) is 17.0 Å². The average Bonchev–Trinajstić information content (AvgIpc) is 2.98. The van der Waals surface area contributed by atoms with E-state index in [0.29, 0.717) is 17.9 Å². The van der Waals surface area contributed by atoms with Crippen molar-refractivity contribution < 1.29 is 5.21 Å². The van der Waals surface area contributed by atoms with E-state index in [1.165, 1.54) is 24.9 Å². The normalized spacial score (nSPS) is 33.2. The molecule has 2 bridgehead atoms. The number of benzene rings is 1. The molecular weight excluding hydrogens is 212 g/mol. The molecule has 3 atom stereocenters. The van der Waals surface area contributed by atoms with Crippen molar-refractivity contribution in [3.63, 3.8) is 0 Å². The van der Waals surface area contributed by atoms with Crippen LogP contribution in [0.15, 0.2) is 35.5 Å². The molecule has 1 aromatic carbocycles.